The first-order chi connectivity index (χ1) is 10.2. The zero-order valence-electron chi connectivity index (χ0n) is 11.4. The van der Waals surface area contributed by atoms with Gasteiger partial charge in [0.2, 0.25) is 0 Å². The molecule has 0 fully saturated rings. The molecule has 2 aromatic rings. The third-order valence-corrected chi connectivity index (χ3v) is 3.90. The van der Waals surface area contributed by atoms with E-state index in [9.17, 15) is 0 Å². The summed E-state index contributed by atoms with van der Waals surface area (Å²) in [4.78, 5) is 0. The second-order valence-corrected chi connectivity index (χ2v) is 5.25. The molecule has 0 atom stereocenters. The van der Waals surface area contributed by atoms with Crippen molar-refractivity contribution in [1.82, 2.24) is 0 Å². The first-order valence-electron chi connectivity index (χ1n) is 6.22. The van der Waals surface area contributed by atoms with Crippen LogP contribution in [-0.4, -0.2) is 7.11 Å². The molecule has 0 saturated heterocycles. The van der Waals surface area contributed by atoms with Gasteiger partial charge in [-0.05, 0) is 29.8 Å². The van der Waals surface area contributed by atoms with Crippen LogP contribution in [0, 0.1) is 11.3 Å². The maximum Gasteiger partial charge on any atom is 0.136 e. The lowest BCUT2D eigenvalue weighted by Crippen LogP contribution is -1.99. The fourth-order valence-corrected chi connectivity index (χ4v) is 2.87. The van der Waals surface area contributed by atoms with Crippen molar-refractivity contribution in [3.8, 4) is 17.6 Å². The summed E-state index contributed by atoms with van der Waals surface area (Å²) in [5.74, 6) is 1.29. The van der Waals surface area contributed by atoms with Crippen LogP contribution in [0.4, 0.5) is 0 Å². The Kier molecular flexibility index (Phi) is 5.49. The van der Waals surface area contributed by atoms with Crippen molar-refractivity contribution in [2.75, 3.05) is 7.11 Å². The smallest absolute Gasteiger partial charge is 0.136 e. The van der Waals surface area contributed by atoms with E-state index in [0.29, 0.717) is 28.3 Å². The molecule has 0 spiro atoms. The molecule has 0 aliphatic carbocycles. The summed E-state index contributed by atoms with van der Waals surface area (Å²) in [7, 11) is 1.54. The number of rotatable bonds is 5. The first-order valence-corrected chi connectivity index (χ1v) is 7.72. The van der Waals surface area contributed by atoms with Gasteiger partial charge in [-0.1, -0.05) is 39.7 Å². The third kappa shape index (κ3) is 3.69. The van der Waals surface area contributed by atoms with Crippen LogP contribution in [0.25, 0.3) is 0 Å². The second-order valence-electron chi connectivity index (χ2n) is 4.29. The van der Waals surface area contributed by atoms with Gasteiger partial charge in [0.25, 0.3) is 0 Å². The highest BCUT2D eigenvalue weighted by Gasteiger charge is 2.08. The summed E-state index contributed by atoms with van der Waals surface area (Å²) in [5.41, 5.74) is 2.30. The average molecular weight is 367 g/mol. The van der Waals surface area contributed by atoms with Crippen LogP contribution in [-0.2, 0) is 11.9 Å². The lowest BCUT2D eigenvalue weighted by Gasteiger charge is -2.12. The van der Waals surface area contributed by atoms with Gasteiger partial charge in [-0.15, -0.1) is 0 Å². The minimum Gasteiger partial charge on any atom is -0.495 e. The Morgan fingerprint density at radius 3 is 2.71 bits per heavy atom. The largest absolute Gasteiger partial charge is 0.495 e. The van der Waals surface area contributed by atoms with Gasteiger partial charge in [-0.3, -0.25) is 0 Å². The molecule has 0 N–H and O–H groups in total. The van der Waals surface area contributed by atoms with E-state index in [1.54, 1.807) is 19.2 Å². The highest BCUT2D eigenvalue weighted by Crippen LogP contribution is 2.29. The molecule has 21 heavy (non-hydrogen) atoms. The molecule has 0 bridgehead atoms. The minimum absolute atomic E-state index is 0.360. The Morgan fingerprint density at radius 2 is 2.05 bits per heavy atom. The Bertz CT molecular complexity index is 682. The molecule has 0 aliphatic rings. The van der Waals surface area contributed by atoms with E-state index >= 15 is 0 Å². The maximum absolute atomic E-state index is 9.08. The Balaban J connectivity index is 2.17. The van der Waals surface area contributed by atoms with Crippen molar-refractivity contribution in [3.05, 3.63) is 58.1 Å². The van der Waals surface area contributed by atoms with Crippen molar-refractivity contribution in [2.24, 2.45) is 0 Å². The molecule has 0 aliphatic heterocycles. The van der Waals surface area contributed by atoms with E-state index in [-0.39, 0.29) is 0 Å². The predicted octanol–water partition coefficient (Wildman–Crippen LogP) is 4.69. The minimum atomic E-state index is 0.360. The number of nitriles is 1. The summed E-state index contributed by atoms with van der Waals surface area (Å²) in [6, 6.07) is 13.0. The molecule has 2 aromatic carbocycles. The summed E-state index contributed by atoms with van der Waals surface area (Å²) in [6.07, 6.45) is 0. The van der Waals surface area contributed by atoms with Gasteiger partial charge in [0.1, 0.15) is 24.2 Å². The third-order valence-electron chi connectivity index (χ3n) is 2.99. The normalized spacial score (nSPS) is 10.0. The first kappa shape index (κ1) is 15.7. The topological polar surface area (TPSA) is 42.2 Å². The van der Waals surface area contributed by atoms with Crippen LogP contribution in [0.15, 0.2) is 36.4 Å². The quantitative estimate of drug-likeness (QED) is 0.721. The Morgan fingerprint density at radius 1 is 1.24 bits per heavy atom. The van der Waals surface area contributed by atoms with Gasteiger partial charge in [-0.2, -0.15) is 5.26 Å². The van der Waals surface area contributed by atoms with E-state index in [1.165, 1.54) is 0 Å². The highest BCUT2D eigenvalue weighted by atomic mass is 79.9. The van der Waals surface area contributed by atoms with Gasteiger partial charge >= 0.3 is 0 Å². The van der Waals surface area contributed by atoms with Gasteiger partial charge in [0, 0.05) is 15.9 Å². The Labute approximate surface area is 137 Å². The number of halogens is 2. The van der Waals surface area contributed by atoms with E-state index in [0.717, 1.165) is 16.9 Å². The molecule has 0 aromatic heterocycles. The van der Waals surface area contributed by atoms with Crippen molar-refractivity contribution in [2.45, 2.75) is 11.9 Å². The molecule has 3 nitrogen and oxygen atoms in total. The van der Waals surface area contributed by atoms with Gasteiger partial charge in [0.15, 0.2) is 0 Å². The van der Waals surface area contributed by atoms with Crippen LogP contribution < -0.4 is 9.47 Å². The fraction of sp³-hybridized carbons (Fsp3) is 0.188. The second kappa shape index (κ2) is 7.35. The van der Waals surface area contributed by atoms with Crippen molar-refractivity contribution >= 4 is 27.5 Å². The molecular formula is C16H13BrClNO2. The molecule has 2 rings (SSSR count). The predicted molar refractivity (Wildman–Crippen MR) is 86.1 cm³/mol. The highest BCUT2D eigenvalue weighted by molar-refractivity contribution is 9.08. The van der Waals surface area contributed by atoms with Crippen molar-refractivity contribution < 1.29 is 9.47 Å². The molecule has 0 unspecified atom stereocenters. The molecule has 5 heteroatoms. The zero-order chi connectivity index (χ0) is 15.2. The van der Waals surface area contributed by atoms with Gasteiger partial charge in [-0.25, -0.2) is 0 Å². The lowest BCUT2D eigenvalue weighted by atomic mass is 10.1. The van der Waals surface area contributed by atoms with Crippen molar-refractivity contribution in [1.29, 1.82) is 5.26 Å². The number of hydrogen-bond donors (Lipinski definition) is 0. The van der Waals surface area contributed by atoms with Crippen molar-refractivity contribution in [3.63, 3.8) is 0 Å². The van der Waals surface area contributed by atoms with Gasteiger partial charge < -0.3 is 9.47 Å². The van der Waals surface area contributed by atoms with Gasteiger partial charge in [0.05, 0.1) is 12.7 Å². The maximum atomic E-state index is 9.08. The number of alkyl halides is 1. The standard InChI is InChI=1S/C16H13BrClNO2/c1-20-15-6-5-11(7-12(15)9-19)10-21-16-4-2-3-14(18)13(16)8-17/h2-7H,8,10H2,1H3. The Hall–Kier alpha value is -1.70. The molecular weight excluding hydrogens is 354 g/mol. The summed E-state index contributed by atoms with van der Waals surface area (Å²) in [6.45, 7) is 0.360. The molecule has 0 radical (unpaired) electrons. The fourth-order valence-electron chi connectivity index (χ4n) is 1.90. The monoisotopic (exact) mass is 365 g/mol. The number of hydrogen-bond acceptors (Lipinski definition) is 3. The van der Waals surface area contributed by atoms with E-state index in [2.05, 4.69) is 22.0 Å². The summed E-state index contributed by atoms with van der Waals surface area (Å²) < 4.78 is 10.9. The summed E-state index contributed by atoms with van der Waals surface area (Å²) in [5, 5.41) is 10.4. The molecule has 0 amide bonds. The number of ether oxygens (including phenoxy) is 2. The lowest BCUT2D eigenvalue weighted by molar-refractivity contribution is 0.303. The van der Waals surface area contributed by atoms with Crippen LogP contribution in [0.1, 0.15) is 16.7 Å². The van der Waals surface area contributed by atoms with Crippen LogP contribution in [0.2, 0.25) is 5.02 Å². The number of benzene rings is 2. The number of nitrogens with zero attached hydrogens (tertiary/aromatic N) is 1. The molecule has 0 heterocycles. The van der Waals surface area contributed by atoms with E-state index in [1.807, 2.05) is 24.3 Å². The average Bonchev–Trinajstić information content (AvgIpc) is 2.52. The van der Waals surface area contributed by atoms with E-state index < -0.39 is 0 Å². The van der Waals surface area contributed by atoms with E-state index in [4.69, 9.17) is 26.3 Å². The van der Waals surface area contributed by atoms with Crippen LogP contribution in [0.3, 0.4) is 0 Å². The molecule has 108 valence electrons. The zero-order valence-corrected chi connectivity index (χ0v) is 13.7. The SMILES string of the molecule is COc1ccc(COc2cccc(Cl)c2CBr)cc1C#N. The van der Waals surface area contributed by atoms with Crippen LogP contribution >= 0.6 is 27.5 Å². The van der Waals surface area contributed by atoms with Crippen LogP contribution in [0.5, 0.6) is 11.5 Å². The number of methoxy groups -OCH3 is 1. The molecule has 0 saturated carbocycles. The summed E-state index contributed by atoms with van der Waals surface area (Å²) >= 11 is 9.53.